The predicted octanol–water partition coefficient (Wildman–Crippen LogP) is 3.45. The zero-order valence-electron chi connectivity index (χ0n) is 10.8. The van der Waals surface area contributed by atoms with Crippen LogP contribution in [0.5, 0.6) is 0 Å². The highest BCUT2D eigenvalue weighted by atomic mass is 16.1. The number of ketones is 1. The van der Waals surface area contributed by atoms with E-state index in [4.69, 9.17) is 0 Å². The molecule has 0 bridgehead atoms. The van der Waals surface area contributed by atoms with Crippen LogP contribution in [0.3, 0.4) is 0 Å². The lowest BCUT2D eigenvalue weighted by molar-refractivity contribution is -0.119. The maximum Gasteiger partial charge on any atom is 0.132 e. The largest absolute Gasteiger partial charge is 0.314 e. The van der Waals surface area contributed by atoms with Crippen molar-refractivity contribution in [1.29, 1.82) is 0 Å². The van der Waals surface area contributed by atoms with Crippen molar-refractivity contribution < 1.29 is 4.79 Å². The second kappa shape index (κ2) is 8.74. The molecule has 16 heavy (non-hydrogen) atoms. The number of hydrogen-bond donors (Lipinski definition) is 1. The summed E-state index contributed by atoms with van der Waals surface area (Å²) in [5.74, 6) is 0.475. The Balaban J connectivity index is 1.96. The summed E-state index contributed by atoms with van der Waals surface area (Å²) in [6, 6.07) is 0.619. The first-order valence-corrected chi connectivity index (χ1v) is 7.08. The normalized spacial score (nSPS) is 20.9. The number of carbonyl (C=O) groups is 1. The molecule has 1 atom stereocenters. The number of unbranched alkanes of at least 4 members (excludes halogenated alkanes) is 3. The predicted molar refractivity (Wildman–Crippen MR) is 68.6 cm³/mol. The molecule has 0 radical (unpaired) electrons. The highest BCUT2D eigenvalue weighted by Gasteiger charge is 2.13. The maximum atomic E-state index is 11.6. The molecule has 0 aromatic rings. The third-order valence-corrected chi connectivity index (χ3v) is 3.49. The van der Waals surface area contributed by atoms with Gasteiger partial charge in [0, 0.05) is 18.9 Å². The Bertz CT molecular complexity index is 185. The van der Waals surface area contributed by atoms with Crippen LogP contribution in [0.2, 0.25) is 0 Å². The number of rotatable bonds is 8. The summed E-state index contributed by atoms with van der Waals surface area (Å²) in [6.45, 7) is 3.35. The minimum absolute atomic E-state index is 0.475. The van der Waals surface area contributed by atoms with E-state index in [-0.39, 0.29) is 0 Å². The molecule has 0 saturated carbocycles. The molecule has 1 aliphatic rings. The summed E-state index contributed by atoms with van der Waals surface area (Å²) >= 11 is 0. The molecule has 94 valence electrons. The second-order valence-electron chi connectivity index (χ2n) is 5.03. The van der Waals surface area contributed by atoms with Crippen molar-refractivity contribution in [2.75, 3.05) is 6.54 Å². The Kier molecular flexibility index (Phi) is 7.48. The van der Waals surface area contributed by atoms with Crippen LogP contribution in [0.15, 0.2) is 0 Å². The lowest BCUT2D eigenvalue weighted by Crippen LogP contribution is -2.34. The van der Waals surface area contributed by atoms with Crippen LogP contribution < -0.4 is 5.32 Å². The molecule has 1 heterocycles. The fourth-order valence-electron chi connectivity index (χ4n) is 2.38. The standard InChI is InChI=1S/C14H27NO/c1-2-3-4-5-9-14(16)11-10-13-8-6-7-12-15-13/h13,15H,2-12H2,1H3. The molecule has 1 rings (SSSR count). The smallest absolute Gasteiger partial charge is 0.132 e. The Hall–Kier alpha value is -0.370. The van der Waals surface area contributed by atoms with Crippen molar-refractivity contribution in [2.45, 2.75) is 77.2 Å². The van der Waals surface area contributed by atoms with E-state index in [1.807, 2.05) is 0 Å². The first-order chi connectivity index (χ1) is 7.83. The van der Waals surface area contributed by atoms with Crippen LogP contribution in [-0.2, 0) is 4.79 Å². The molecule has 1 N–H and O–H groups in total. The van der Waals surface area contributed by atoms with Crippen molar-refractivity contribution in [3.63, 3.8) is 0 Å². The maximum absolute atomic E-state index is 11.6. The first-order valence-electron chi connectivity index (χ1n) is 7.08. The fraction of sp³-hybridized carbons (Fsp3) is 0.929. The summed E-state index contributed by atoms with van der Waals surface area (Å²) in [5, 5.41) is 3.50. The summed E-state index contributed by atoms with van der Waals surface area (Å²) < 4.78 is 0. The third-order valence-electron chi connectivity index (χ3n) is 3.49. The van der Waals surface area contributed by atoms with Crippen LogP contribution in [0, 0.1) is 0 Å². The lowest BCUT2D eigenvalue weighted by Gasteiger charge is -2.22. The summed E-state index contributed by atoms with van der Waals surface area (Å²) in [4.78, 5) is 11.6. The van der Waals surface area contributed by atoms with Crippen LogP contribution in [0.4, 0.5) is 0 Å². The van der Waals surface area contributed by atoms with Gasteiger partial charge >= 0.3 is 0 Å². The first kappa shape index (κ1) is 13.7. The van der Waals surface area contributed by atoms with Gasteiger partial charge in [0.25, 0.3) is 0 Å². The number of carbonyl (C=O) groups excluding carboxylic acids is 1. The van der Waals surface area contributed by atoms with Crippen molar-refractivity contribution in [3.8, 4) is 0 Å². The topological polar surface area (TPSA) is 29.1 Å². The van der Waals surface area contributed by atoms with Crippen molar-refractivity contribution in [2.24, 2.45) is 0 Å². The van der Waals surface area contributed by atoms with Crippen LogP contribution in [0.1, 0.15) is 71.1 Å². The van der Waals surface area contributed by atoms with Crippen molar-refractivity contribution >= 4 is 5.78 Å². The average Bonchev–Trinajstić information content (AvgIpc) is 2.33. The Labute approximate surface area is 100 Å². The monoisotopic (exact) mass is 225 g/mol. The second-order valence-corrected chi connectivity index (χ2v) is 5.03. The van der Waals surface area contributed by atoms with Gasteiger partial charge in [-0.15, -0.1) is 0 Å². The van der Waals surface area contributed by atoms with Gasteiger partial charge in [0.2, 0.25) is 0 Å². The van der Waals surface area contributed by atoms with E-state index in [1.165, 1.54) is 38.5 Å². The van der Waals surface area contributed by atoms with E-state index in [9.17, 15) is 4.79 Å². The Morgan fingerprint density at radius 3 is 2.75 bits per heavy atom. The zero-order chi connectivity index (χ0) is 11.6. The minimum atomic E-state index is 0.475. The van der Waals surface area contributed by atoms with E-state index in [1.54, 1.807) is 0 Å². The number of hydrogen-bond acceptors (Lipinski definition) is 2. The van der Waals surface area contributed by atoms with Gasteiger partial charge in [-0.25, -0.2) is 0 Å². The number of piperidine rings is 1. The molecule has 1 aliphatic heterocycles. The van der Waals surface area contributed by atoms with Crippen LogP contribution >= 0.6 is 0 Å². The molecule has 1 unspecified atom stereocenters. The fourth-order valence-corrected chi connectivity index (χ4v) is 2.38. The van der Waals surface area contributed by atoms with Gasteiger partial charge in [-0.1, -0.05) is 32.6 Å². The van der Waals surface area contributed by atoms with Gasteiger partial charge in [-0.3, -0.25) is 4.79 Å². The van der Waals surface area contributed by atoms with E-state index < -0.39 is 0 Å². The van der Waals surface area contributed by atoms with Crippen LogP contribution in [-0.4, -0.2) is 18.4 Å². The van der Waals surface area contributed by atoms with Crippen LogP contribution in [0.25, 0.3) is 0 Å². The number of Topliss-reactive ketones (excluding diaryl/α,β-unsaturated/α-hetero) is 1. The quantitative estimate of drug-likeness (QED) is 0.641. The SMILES string of the molecule is CCCCCCC(=O)CCC1CCCCN1. The number of nitrogens with one attached hydrogen (secondary N) is 1. The Morgan fingerprint density at radius 1 is 1.19 bits per heavy atom. The van der Waals surface area contributed by atoms with Crippen molar-refractivity contribution in [3.05, 3.63) is 0 Å². The molecule has 2 nitrogen and oxygen atoms in total. The molecule has 0 aromatic carbocycles. The average molecular weight is 225 g/mol. The molecule has 0 spiro atoms. The highest BCUT2D eigenvalue weighted by molar-refractivity contribution is 5.78. The molecular weight excluding hydrogens is 198 g/mol. The molecule has 0 aliphatic carbocycles. The molecular formula is C14H27NO. The summed E-state index contributed by atoms with van der Waals surface area (Å²) in [6.07, 6.45) is 11.4. The molecule has 0 aromatic heterocycles. The molecule has 1 fully saturated rings. The summed E-state index contributed by atoms with van der Waals surface area (Å²) in [5.41, 5.74) is 0. The van der Waals surface area contributed by atoms with Gasteiger partial charge in [0.15, 0.2) is 0 Å². The highest BCUT2D eigenvalue weighted by Crippen LogP contribution is 2.13. The molecule has 2 heteroatoms. The molecule has 0 amide bonds. The van der Waals surface area contributed by atoms with Gasteiger partial charge in [-0.05, 0) is 32.2 Å². The third kappa shape index (κ3) is 6.26. The Morgan fingerprint density at radius 2 is 2.06 bits per heavy atom. The van der Waals surface area contributed by atoms with E-state index in [2.05, 4.69) is 12.2 Å². The van der Waals surface area contributed by atoms with Gasteiger partial charge < -0.3 is 5.32 Å². The summed E-state index contributed by atoms with van der Waals surface area (Å²) in [7, 11) is 0. The van der Waals surface area contributed by atoms with Gasteiger partial charge in [0.1, 0.15) is 5.78 Å². The minimum Gasteiger partial charge on any atom is -0.314 e. The zero-order valence-corrected chi connectivity index (χ0v) is 10.8. The van der Waals surface area contributed by atoms with Gasteiger partial charge in [-0.2, -0.15) is 0 Å². The van der Waals surface area contributed by atoms with Gasteiger partial charge in [0.05, 0.1) is 0 Å². The molecule has 1 saturated heterocycles. The van der Waals surface area contributed by atoms with E-state index >= 15 is 0 Å². The van der Waals surface area contributed by atoms with Crippen molar-refractivity contribution in [1.82, 2.24) is 5.32 Å². The van der Waals surface area contributed by atoms with E-state index in [0.29, 0.717) is 11.8 Å². The lowest BCUT2D eigenvalue weighted by atomic mass is 9.98. The van der Waals surface area contributed by atoms with E-state index in [0.717, 1.165) is 32.2 Å².